The lowest BCUT2D eigenvalue weighted by atomic mass is 9.65. The molecule has 1 spiro atoms. The third-order valence-electron chi connectivity index (χ3n) is 11.5. The third kappa shape index (κ3) is 6.02. The first kappa shape index (κ1) is 35.6. The minimum Gasteiger partial charge on any atom is -0.491 e. The van der Waals surface area contributed by atoms with Crippen LogP contribution in [0.2, 0.25) is 0 Å². The molecule has 0 aromatic heterocycles. The number of hydrogen-bond donors (Lipinski definition) is 4. The zero-order valence-electron chi connectivity index (χ0n) is 29.7. The van der Waals surface area contributed by atoms with Crippen LogP contribution < -0.4 is 10.1 Å². The summed E-state index contributed by atoms with van der Waals surface area (Å²) in [6.45, 7) is -0.0953. The van der Waals surface area contributed by atoms with Gasteiger partial charge in [0.15, 0.2) is 0 Å². The smallest absolute Gasteiger partial charge is 0.325 e. The molecule has 276 valence electrons. The number of carbonyl (C=O) groups is 3. The van der Waals surface area contributed by atoms with Crippen LogP contribution in [0.25, 0.3) is 0 Å². The fourth-order valence-electron chi connectivity index (χ4n) is 9.19. The molecule has 6 atom stereocenters. The lowest BCUT2D eigenvalue weighted by Crippen LogP contribution is -2.52. The third-order valence-corrected chi connectivity index (χ3v) is 11.5. The summed E-state index contributed by atoms with van der Waals surface area (Å²) in [5.41, 5.74) is 0.503. The molecule has 54 heavy (non-hydrogen) atoms. The van der Waals surface area contributed by atoms with Crippen molar-refractivity contribution in [1.29, 1.82) is 0 Å². The number of aliphatic hydroxyl groups is 2. The second-order valence-corrected chi connectivity index (χ2v) is 14.7. The Labute approximate surface area is 313 Å². The molecule has 0 unspecified atom stereocenters. The Morgan fingerprint density at radius 3 is 2.17 bits per heavy atom. The van der Waals surface area contributed by atoms with Crippen molar-refractivity contribution >= 4 is 23.5 Å². The molecule has 4 aliphatic rings. The van der Waals surface area contributed by atoms with Crippen molar-refractivity contribution in [2.75, 3.05) is 18.5 Å². The van der Waals surface area contributed by atoms with E-state index in [4.69, 9.17) is 9.47 Å². The fraction of sp³-hybridized carbons (Fsp3) is 0.341. The first-order chi connectivity index (χ1) is 26.2. The summed E-state index contributed by atoms with van der Waals surface area (Å²) >= 11 is 0. The highest BCUT2D eigenvalue weighted by Gasteiger charge is 2.74. The number of nitrogens with one attached hydrogen (secondary N) is 1. The maximum atomic E-state index is 14.9. The molecule has 3 heterocycles. The molecule has 10 heteroatoms. The van der Waals surface area contributed by atoms with E-state index in [0.29, 0.717) is 41.0 Å². The number of aliphatic carboxylic acids is 1. The Kier molecular flexibility index (Phi) is 9.48. The van der Waals surface area contributed by atoms with Gasteiger partial charge >= 0.3 is 11.9 Å². The van der Waals surface area contributed by atoms with E-state index in [1.807, 2.05) is 65.6 Å². The van der Waals surface area contributed by atoms with Crippen LogP contribution in [-0.4, -0.2) is 62.9 Å². The predicted molar refractivity (Wildman–Crippen MR) is 199 cm³/mol. The number of morpholine rings is 1. The average molecular weight is 727 g/mol. The van der Waals surface area contributed by atoms with E-state index in [1.54, 1.807) is 42.5 Å². The molecule has 1 amide bonds. The Morgan fingerprint density at radius 2 is 1.52 bits per heavy atom. The van der Waals surface area contributed by atoms with Crippen molar-refractivity contribution in [2.45, 2.75) is 73.8 Å². The predicted octanol–water partition coefficient (Wildman–Crippen LogP) is 5.85. The van der Waals surface area contributed by atoms with Gasteiger partial charge in [-0.15, -0.1) is 0 Å². The number of esters is 1. The average Bonchev–Trinajstić information content (AvgIpc) is 3.56. The SMILES string of the molecule is O=C1O[C@@H](c2ccccc2)[C@@H](c2ccccc2)N2[C@@H](c3ccc(OCCO)cc3)[C@]3(C(=O)Nc4ccc(C#CC5(O)CCCCCC5)cc43)[C@@H](C(=O)O)[C@H]12. The quantitative estimate of drug-likeness (QED) is 0.105. The van der Waals surface area contributed by atoms with Crippen LogP contribution in [0.4, 0.5) is 5.69 Å². The maximum Gasteiger partial charge on any atom is 0.325 e. The van der Waals surface area contributed by atoms with Crippen molar-refractivity contribution in [3.63, 3.8) is 0 Å². The molecule has 10 nitrogen and oxygen atoms in total. The van der Waals surface area contributed by atoms with Gasteiger partial charge in [-0.2, -0.15) is 0 Å². The van der Waals surface area contributed by atoms with Gasteiger partial charge in [0.1, 0.15) is 41.4 Å². The Bertz CT molecular complexity index is 2100. The number of benzene rings is 4. The van der Waals surface area contributed by atoms with Crippen molar-refractivity contribution in [2.24, 2.45) is 5.92 Å². The molecular formula is C44H42N2O8. The second-order valence-electron chi connectivity index (χ2n) is 14.7. The largest absolute Gasteiger partial charge is 0.491 e. The van der Waals surface area contributed by atoms with Gasteiger partial charge in [0.05, 0.1) is 18.7 Å². The summed E-state index contributed by atoms with van der Waals surface area (Å²) in [5.74, 6) is 2.59. The molecule has 4 N–H and O–H groups in total. The first-order valence-corrected chi connectivity index (χ1v) is 18.6. The first-order valence-electron chi connectivity index (χ1n) is 18.6. The molecule has 4 aromatic rings. The number of ether oxygens (including phenoxy) is 2. The van der Waals surface area contributed by atoms with Crippen LogP contribution in [0.1, 0.15) is 84.5 Å². The van der Waals surface area contributed by atoms with Gasteiger partial charge in [-0.05, 0) is 78.3 Å². The van der Waals surface area contributed by atoms with Gasteiger partial charge < -0.3 is 30.1 Å². The van der Waals surface area contributed by atoms with E-state index in [0.717, 1.165) is 36.8 Å². The van der Waals surface area contributed by atoms with Crippen LogP contribution in [0.5, 0.6) is 5.75 Å². The van der Waals surface area contributed by atoms with Gasteiger partial charge in [-0.25, -0.2) is 0 Å². The van der Waals surface area contributed by atoms with E-state index in [-0.39, 0.29) is 13.2 Å². The van der Waals surface area contributed by atoms with Gasteiger partial charge in [-0.3, -0.25) is 19.3 Å². The highest BCUT2D eigenvalue weighted by atomic mass is 16.6. The summed E-state index contributed by atoms with van der Waals surface area (Å²) in [6, 6.07) is 28.1. The van der Waals surface area contributed by atoms with E-state index in [1.165, 1.54) is 0 Å². The van der Waals surface area contributed by atoms with E-state index >= 15 is 0 Å². The summed E-state index contributed by atoms with van der Waals surface area (Å²) in [7, 11) is 0. The standard InChI is InChI=1S/C44H42N2O8/c47-25-26-53-32-18-16-31(17-19-32)39-44(33-27-28(15-20-34(33)45-42(44)51)21-24-43(52)22-9-1-2-10-23-43)35(40(48)49)37-41(50)54-38(30-13-7-4-8-14-30)36(46(37)39)29-11-5-3-6-12-29/h3-8,11-20,27,35-39,47,52H,1-2,9-10,22-23,25-26H2,(H,45,51)(H,48,49)/t35-,36-,37-,38+,39+,44-/m1/s1. The number of anilines is 1. The molecule has 0 bridgehead atoms. The number of nitrogens with zero attached hydrogens (tertiary/aromatic N) is 1. The van der Waals surface area contributed by atoms with Gasteiger partial charge in [0.25, 0.3) is 0 Å². The number of rotatable bonds is 7. The molecule has 1 aliphatic carbocycles. The molecular weight excluding hydrogens is 684 g/mol. The number of amides is 1. The molecule has 3 aliphatic heterocycles. The van der Waals surface area contributed by atoms with E-state index < -0.39 is 59.0 Å². The lowest BCUT2D eigenvalue weighted by molar-refractivity contribution is -0.179. The zero-order chi connectivity index (χ0) is 37.5. The molecule has 2 saturated heterocycles. The van der Waals surface area contributed by atoms with Crippen molar-refractivity contribution in [3.8, 4) is 17.6 Å². The molecule has 8 rings (SSSR count). The molecule has 4 aromatic carbocycles. The van der Waals surface area contributed by atoms with Gasteiger partial charge in [-0.1, -0.05) is 97.5 Å². The van der Waals surface area contributed by atoms with Crippen molar-refractivity contribution in [3.05, 3.63) is 131 Å². The summed E-state index contributed by atoms with van der Waals surface area (Å²) in [5, 5.41) is 35.0. The minimum atomic E-state index is -1.83. The summed E-state index contributed by atoms with van der Waals surface area (Å²) < 4.78 is 12.0. The van der Waals surface area contributed by atoms with Crippen LogP contribution >= 0.6 is 0 Å². The molecule has 3 fully saturated rings. The van der Waals surface area contributed by atoms with E-state index in [2.05, 4.69) is 17.2 Å². The second kappa shape index (κ2) is 14.4. The number of carbonyl (C=O) groups excluding carboxylic acids is 2. The zero-order valence-corrected chi connectivity index (χ0v) is 29.7. The normalized spacial score (nSPS) is 27.1. The number of aliphatic hydroxyl groups excluding tert-OH is 1. The van der Waals surface area contributed by atoms with Gasteiger partial charge in [0, 0.05) is 11.3 Å². The minimum absolute atomic E-state index is 0.0808. The summed E-state index contributed by atoms with van der Waals surface area (Å²) in [4.78, 5) is 45.2. The summed E-state index contributed by atoms with van der Waals surface area (Å²) in [6.07, 6.45) is 4.14. The van der Waals surface area contributed by atoms with Gasteiger partial charge in [0.2, 0.25) is 5.91 Å². The monoisotopic (exact) mass is 726 g/mol. The highest BCUT2D eigenvalue weighted by molar-refractivity contribution is 6.11. The molecule has 1 saturated carbocycles. The Balaban J connectivity index is 1.36. The Morgan fingerprint density at radius 1 is 0.852 bits per heavy atom. The molecule has 0 radical (unpaired) electrons. The van der Waals surface area contributed by atoms with E-state index in [9.17, 15) is 29.7 Å². The van der Waals surface area contributed by atoms with Crippen molar-refractivity contribution < 1.29 is 39.2 Å². The Hall–Kier alpha value is -5.47. The fourth-order valence-corrected chi connectivity index (χ4v) is 9.19. The number of hydrogen-bond acceptors (Lipinski definition) is 8. The topological polar surface area (TPSA) is 146 Å². The lowest BCUT2D eigenvalue weighted by Gasteiger charge is -2.46. The van der Waals surface area contributed by atoms with Crippen molar-refractivity contribution in [1.82, 2.24) is 4.90 Å². The van der Waals surface area contributed by atoms with Crippen LogP contribution in [0.3, 0.4) is 0 Å². The highest BCUT2D eigenvalue weighted by Crippen LogP contribution is 2.64. The number of cyclic esters (lactones) is 1. The number of fused-ring (bicyclic) bond motifs is 3. The van der Waals surface area contributed by atoms with Crippen LogP contribution in [0.15, 0.2) is 103 Å². The maximum absolute atomic E-state index is 14.9. The van der Waals surface area contributed by atoms with Crippen LogP contribution in [0, 0.1) is 17.8 Å². The number of carboxylic acid groups (broad SMARTS) is 1. The number of carboxylic acids is 1. The van der Waals surface area contributed by atoms with Crippen LogP contribution in [-0.2, 0) is 24.5 Å².